The van der Waals surface area contributed by atoms with Gasteiger partial charge in [0.05, 0.1) is 0 Å². The Morgan fingerprint density at radius 3 is 2.44 bits per heavy atom. The summed E-state index contributed by atoms with van der Waals surface area (Å²) in [4.78, 5) is 10.8. The van der Waals surface area contributed by atoms with Crippen molar-refractivity contribution in [2.24, 2.45) is 5.73 Å². The summed E-state index contributed by atoms with van der Waals surface area (Å²) in [5, 5.41) is 0. The van der Waals surface area contributed by atoms with Crippen LogP contribution in [0, 0.1) is 0 Å². The maximum Gasteiger partial charge on any atom is 0.423 e. The van der Waals surface area contributed by atoms with Crippen molar-refractivity contribution in [3.05, 3.63) is 29.8 Å². The van der Waals surface area contributed by atoms with Gasteiger partial charge in [-0.2, -0.15) is 0 Å². The largest absolute Gasteiger partial charge is 0.755 e. The second kappa shape index (κ2) is 7.18. The van der Waals surface area contributed by atoms with E-state index < -0.39 is 17.4 Å². The number of amides is 1. The molecule has 8 heteroatoms. The number of carbonyl (C=O) groups excluding carboxylic acids is 1. The highest BCUT2D eigenvalue weighted by atomic mass is 35.5. The maximum absolute atomic E-state index is 10.8. The minimum absolute atomic E-state index is 0. The summed E-state index contributed by atoms with van der Waals surface area (Å²) in [5.74, 6) is 0.246. The van der Waals surface area contributed by atoms with Gasteiger partial charge < -0.3 is 15.0 Å². The minimum Gasteiger partial charge on any atom is -0.755 e. The Balaban J connectivity index is 0.00000225. The van der Waals surface area contributed by atoms with Gasteiger partial charge in [0.1, 0.15) is 5.75 Å². The van der Waals surface area contributed by atoms with E-state index in [2.05, 4.69) is 4.74 Å². The molecule has 0 spiro atoms. The van der Waals surface area contributed by atoms with Gasteiger partial charge in [-0.05, 0) is 17.7 Å². The van der Waals surface area contributed by atoms with Crippen LogP contribution in [0.4, 0.5) is 4.79 Å². The van der Waals surface area contributed by atoms with Crippen molar-refractivity contribution in [1.29, 1.82) is 0 Å². The molecule has 0 aliphatic rings. The molecule has 1 atom stereocenters. The maximum atomic E-state index is 10.8. The van der Waals surface area contributed by atoms with E-state index >= 15 is 0 Å². The minimum atomic E-state index is -2.67. The Bertz CT molecular complexity index is 371. The smallest absolute Gasteiger partial charge is 0.423 e. The SMILES string of the molecule is Cl.NCc1ccc(OC(=O)NS(=O)[O-])cc1. The van der Waals surface area contributed by atoms with Gasteiger partial charge in [0.15, 0.2) is 0 Å². The van der Waals surface area contributed by atoms with Crippen LogP contribution in [0.5, 0.6) is 5.75 Å². The summed E-state index contributed by atoms with van der Waals surface area (Å²) >= 11 is -2.67. The van der Waals surface area contributed by atoms with E-state index in [4.69, 9.17) is 5.73 Å². The molecule has 90 valence electrons. The lowest BCUT2D eigenvalue weighted by Gasteiger charge is -2.07. The van der Waals surface area contributed by atoms with Crippen LogP contribution in [0.1, 0.15) is 5.56 Å². The monoisotopic (exact) mass is 265 g/mol. The van der Waals surface area contributed by atoms with Crippen LogP contribution in [-0.2, 0) is 17.8 Å². The number of nitrogens with one attached hydrogen (secondary N) is 1. The van der Waals surface area contributed by atoms with E-state index in [9.17, 15) is 13.6 Å². The number of carbonyl (C=O) groups is 1. The fraction of sp³-hybridized carbons (Fsp3) is 0.125. The van der Waals surface area contributed by atoms with Gasteiger partial charge in [-0.3, -0.25) is 8.93 Å². The van der Waals surface area contributed by atoms with Crippen molar-refractivity contribution < 1.29 is 18.3 Å². The highest BCUT2D eigenvalue weighted by Gasteiger charge is 2.02. The Labute approximate surface area is 101 Å². The van der Waals surface area contributed by atoms with Gasteiger partial charge in [0, 0.05) is 17.8 Å². The van der Waals surface area contributed by atoms with Gasteiger partial charge >= 0.3 is 6.09 Å². The summed E-state index contributed by atoms with van der Waals surface area (Å²) in [6, 6.07) is 6.40. The Morgan fingerprint density at radius 2 is 2.00 bits per heavy atom. The lowest BCUT2D eigenvalue weighted by molar-refractivity contribution is 0.206. The number of benzene rings is 1. The average Bonchev–Trinajstić information content (AvgIpc) is 2.17. The van der Waals surface area contributed by atoms with Gasteiger partial charge in [0.2, 0.25) is 0 Å². The van der Waals surface area contributed by atoms with Crippen LogP contribution in [0.3, 0.4) is 0 Å². The van der Waals surface area contributed by atoms with Gasteiger partial charge in [-0.25, -0.2) is 4.79 Å². The molecule has 0 fully saturated rings. The molecule has 1 aromatic rings. The Kier molecular flexibility index (Phi) is 6.66. The van der Waals surface area contributed by atoms with Crippen LogP contribution < -0.4 is 15.2 Å². The summed E-state index contributed by atoms with van der Waals surface area (Å²) in [6.45, 7) is 0.386. The molecule has 6 nitrogen and oxygen atoms in total. The molecule has 0 bridgehead atoms. The first-order valence-corrected chi connectivity index (χ1v) is 5.06. The highest BCUT2D eigenvalue weighted by Crippen LogP contribution is 2.11. The first-order valence-electron chi connectivity index (χ1n) is 3.98. The van der Waals surface area contributed by atoms with Crippen LogP contribution >= 0.6 is 12.4 Å². The van der Waals surface area contributed by atoms with E-state index in [1.807, 2.05) is 0 Å². The standard InChI is InChI=1S/C8H10N2O4S.ClH/c9-5-6-1-3-7(4-2-6)14-8(11)10-15(12)13;/h1-4H,5,9H2,(H,10,11)(H,12,13);1H/p-1. The number of hydrogen-bond donors (Lipinski definition) is 2. The molecule has 16 heavy (non-hydrogen) atoms. The quantitative estimate of drug-likeness (QED) is 0.772. The molecule has 1 rings (SSSR count). The van der Waals surface area contributed by atoms with E-state index in [1.54, 1.807) is 16.9 Å². The summed E-state index contributed by atoms with van der Waals surface area (Å²) in [5.41, 5.74) is 6.25. The zero-order valence-corrected chi connectivity index (χ0v) is 9.68. The molecule has 1 aromatic carbocycles. The second-order valence-corrected chi connectivity index (χ2v) is 3.25. The number of ether oxygens (including phenoxy) is 1. The lowest BCUT2D eigenvalue weighted by atomic mass is 10.2. The molecular weight excluding hydrogens is 256 g/mol. The second-order valence-electron chi connectivity index (χ2n) is 2.57. The predicted octanol–water partition coefficient (Wildman–Crippen LogP) is 0.450. The normalized spacial score (nSPS) is 11.1. The molecule has 0 saturated carbocycles. The highest BCUT2D eigenvalue weighted by molar-refractivity contribution is 7.77. The first-order chi connectivity index (χ1) is 7.11. The molecule has 0 saturated heterocycles. The topological polar surface area (TPSA) is 104 Å². The molecule has 0 aliphatic carbocycles. The molecule has 0 aromatic heterocycles. The molecule has 3 N–H and O–H groups in total. The van der Waals surface area contributed by atoms with Crippen LogP contribution in [0.25, 0.3) is 0 Å². The van der Waals surface area contributed by atoms with E-state index in [0.717, 1.165) is 5.56 Å². The van der Waals surface area contributed by atoms with E-state index in [1.165, 1.54) is 12.1 Å². The van der Waals surface area contributed by atoms with Gasteiger partial charge in [-0.15, -0.1) is 12.4 Å². The van der Waals surface area contributed by atoms with E-state index in [0.29, 0.717) is 6.54 Å². The zero-order chi connectivity index (χ0) is 11.3. The molecular formula is C8H10ClN2O4S-. The third-order valence-electron chi connectivity index (χ3n) is 1.54. The summed E-state index contributed by atoms with van der Waals surface area (Å²) in [7, 11) is 0. The summed E-state index contributed by atoms with van der Waals surface area (Å²) < 4.78 is 26.3. The zero-order valence-electron chi connectivity index (χ0n) is 8.04. The molecule has 1 amide bonds. The van der Waals surface area contributed by atoms with Crippen molar-refractivity contribution in [2.75, 3.05) is 0 Å². The van der Waals surface area contributed by atoms with Gasteiger partial charge in [0.25, 0.3) is 0 Å². The first kappa shape index (κ1) is 14.8. The van der Waals surface area contributed by atoms with Crippen molar-refractivity contribution >= 4 is 29.8 Å². The fourth-order valence-corrected chi connectivity index (χ4v) is 1.07. The third kappa shape index (κ3) is 5.08. The van der Waals surface area contributed by atoms with Gasteiger partial charge in [-0.1, -0.05) is 12.1 Å². The summed E-state index contributed by atoms with van der Waals surface area (Å²) in [6.07, 6.45) is -1.05. The third-order valence-corrected chi connectivity index (χ3v) is 1.87. The number of rotatable bonds is 3. The van der Waals surface area contributed by atoms with Crippen molar-refractivity contribution in [1.82, 2.24) is 4.72 Å². The number of nitrogens with two attached hydrogens (primary N) is 1. The van der Waals surface area contributed by atoms with Crippen LogP contribution in [0.15, 0.2) is 24.3 Å². The predicted molar refractivity (Wildman–Crippen MR) is 59.7 cm³/mol. The van der Waals surface area contributed by atoms with Crippen molar-refractivity contribution in [3.8, 4) is 5.75 Å². The molecule has 0 radical (unpaired) electrons. The fourth-order valence-electron chi connectivity index (χ4n) is 0.889. The molecule has 0 heterocycles. The lowest BCUT2D eigenvalue weighted by Crippen LogP contribution is -2.28. The Morgan fingerprint density at radius 1 is 1.44 bits per heavy atom. The van der Waals surface area contributed by atoms with Crippen LogP contribution in [0.2, 0.25) is 0 Å². The molecule has 1 unspecified atom stereocenters. The number of hydrogen-bond acceptors (Lipinski definition) is 5. The van der Waals surface area contributed by atoms with Crippen molar-refractivity contribution in [2.45, 2.75) is 6.54 Å². The average molecular weight is 266 g/mol. The number of halogens is 1. The van der Waals surface area contributed by atoms with E-state index in [-0.39, 0.29) is 18.2 Å². The molecule has 0 aliphatic heterocycles. The van der Waals surface area contributed by atoms with Crippen molar-refractivity contribution in [3.63, 3.8) is 0 Å². The Hall–Kier alpha value is -1.15. The van der Waals surface area contributed by atoms with Crippen LogP contribution in [-0.4, -0.2) is 14.9 Å².